The Kier molecular flexibility index (Phi) is 7.05. The smallest absolute Gasteiger partial charge is 0.299 e. The first-order chi connectivity index (χ1) is 10.0. The number of hydrogen-bond donors (Lipinski definition) is 0. The monoisotopic (exact) mass is 394 g/mol. The van der Waals surface area contributed by atoms with Crippen LogP contribution in [0.1, 0.15) is 32.6 Å². The second kappa shape index (κ2) is 7.34. The van der Waals surface area contributed by atoms with Gasteiger partial charge in [0, 0.05) is 12.3 Å². The molecule has 0 aliphatic heterocycles. The van der Waals surface area contributed by atoms with Crippen LogP contribution in [0, 0.1) is 5.92 Å². The van der Waals surface area contributed by atoms with E-state index in [4.69, 9.17) is 0 Å². The number of carbonyl (C=O) groups is 1. The molecule has 1 aliphatic carbocycles. The van der Waals surface area contributed by atoms with E-state index >= 15 is 0 Å². The van der Waals surface area contributed by atoms with Gasteiger partial charge < -0.3 is 0 Å². The molecule has 0 radical (unpaired) electrons. The van der Waals surface area contributed by atoms with E-state index in [0.29, 0.717) is 11.7 Å². The summed E-state index contributed by atoms with van der Waals surface area (Å²) in [5.74, 6) is 0.833. The van der Waals surface area contributed by atoms with E-state index in [1.54, 1.807) is 0 Å². The zero-order valence-corrected chi connectivity index (χ0v) is 13.1. The molecule has 0 bridgehead atoms. The van der Waals surface area contributed by atoms with Gasteiger partial charge in [-0.25, -0.2) is 0 Å². The van der Waals surface area contributed by atoms with Gasteiger partial charge in [-0.15, -0.1) is 3.63 Å². The van der Waals surface area contributed by atoms with Crippen LogP contribution in [0.15, 0.2) is 0 Å². The highest BCUT2D eigenvalue weighted by molar-refractivity contribution is 8.00. The van der Waals surface area contributed by atoms with Crippen molar-refractivity contribution in [1.29, 1.82) is 0 Å². The SMILES string of the molecule is CC1CCCCC1=O.O=S(=O)(OS(=O)(=O)C(F)(F)F)C(F)(F)F. The minimum Gasteiger partial charge on any atom is -0.299 e. The summed E-state index contributed by atoms with van der Waals surface area (Å²) in [5, 5.41) is 0. The molecule has 0 saturated heterocycles. The Balaban J connectivity index is 0.000000502. The molecule has 1 saturated carbocycles. The molecule has 0 aromatic heterocycles. The number of carbonyl (C=O) groups excluding carboxylic acids is 1. The van der Waals surface area contributed by atoms with Crippen molar-refractivity contribution in [2.75, 3.05) is 0 Å². The second-order valence-corrected chi connectivity index (χ2v) is 7.77. The molecule has 0 aromatic carbocycles. The second-order valence-electron chi connectivity index (χ2n) is 4.48. The highest BCUT2D eigenvalue weighted by Gasteiger charge is 2.57. The molecular weight excluding hydrogens is 382 g/mol. The van der Waals surface area contributed by atoms with E-state index in [9.17, 15) is 48.0 Å². The fraction of sp³-hybridized carbons (Fsp3) is 0.889. The predicted octanol–water partition coefficient (Wildman–Crippen LogP) is 2.47. The van der Waals surface area contributed by atoms with Gasteiger partial charge >= 0.3 is 31.3 Å². The number of ketones is 1. The van der Waals surface area contributed by atoms with Crippen molar-refractivity contribution in [2.24, 2.45) is 5.92 Å². The Bertz CT molecular complexity index is 576. The Morgan fingerprint density at radius 2 is 1.30 bits per heavy atom. The van der Waals surface area contributed by atoms with Gasteiger partial charge in [0.25, 0.3) is 0 Å². The molecule has 14 heteroatoms. The van der Waals surface area contributed by atoms with Crippen LogP contribution in [0.5, 0.6) is 0 Å². The first kappa shape index (κ1) is 22.1. The Morgan fingerprint density at radius 3 is 1.52 bits per heavy atom. The molecule has 0 spiro atoms. The van der Waals surface area contributed by atoms with E-state index in [-0.39, 0.29) is 0 Å². The molecule has 1 fully saturated rings. The summed E-state index contributed by atoms with van der Waals surface area (Å²) in [4.78, 5) is 10.8. The van der Waals surface area contributed by atoms with Crippen LogP contribution in [0.3, 0.4) is 0 Å². The molecule has 1 unspecified atom stereocenters. The normalized spacial score (nSPS) is 20.7. The van der Waals surface area contributed by atoms with Gasteiger partial charge in [-0.05, 0) is 12.8 Å². The lowest BCUT2D eigenvalue weighted by atomic mass is 9.90. The summed E-state index contributed by atoms with van der Waals surface area (Å²) in [5.41, 5.74) is -12.5. The van der Waals surface area contributed by atoms with Crippen LogP contribution in [0.25, 0.3) is 0 Å². The number of halogens is 6. The number of rotatable bonds is 2. The summed E-state index contributed by atoms with van der Waals surface area (Å²) in [6.45, 7) is 2.03. The van der Waals surface area contributed by atoms with Crippen molar-refractivity contribution < 1.29 is 51.6 Å². The topological polar surface area (TPSA) is 94.6 Å². The van der Waals surface area contributed by atoms with Gasteiger partial charge in [-0.1, -0.05) is 13.3 Å². The zero-order chi connectivity index (χ0) is 18.7. The van der Waals surface area contributed by atoms with Crippen LogP contribution >= 0.6 is 0 Å². The van der Waals surface area contributed by atoms with Crippen molar-refractivity contribution in [3.05, 3.63) is 0 Å². The maximum atomic E-state index is 11.4. The van der Waals surface area contributed by atoms with Gasteiger partial charge in [-0.2, -0.15) is 43.2 Å². The fourth-order valence-corrected chi connectivity index (χ4v) is 2.91. The quantitative estimate of drug-likeness (QED) is 0.528. The molecule has 23 heavy (non-hydrogen) atoms. The van der Waals surface area contributed by atoms with Crippen molar-refractivity contribution in [2.45, 2.75) is 43.6 Å². The largest absolute Gasteiger partial charge is 0.524 e. The predicted molar refractivity (Wildman–Crippen MR) is 63.7 cm³/mol. The van der Waals surface area contributed by atoms with Gasteiger partial charge in [-0.3, -0.25) is 4.79 Å². The summed E-state index contributed by atoms with van der Waals surface area (Å²) in [6.07, 6.45) is 4.34. The average molecular weight is 394 g/mol. The van der Waals surface area contributed by atoms with Crippen molar-refractivity contribution in [3.8, 4) is 0 Å². The highest BCUT2D eigenvalue weighted by Crippen LogP contribution is 2.32. The number of alkyl halides is 6. The molecule has 1 atom stereocenters. The average Bonchev–Trinajstić information content (AvgIpc) is 2.29. The van der Waals surface area contributed by atoms with E-state index in [1.807, 2.05) is 10.6 Å². The van der Waals surface area contributed by atoms with Gasteiger partial charge in [0.05, 0.1) is 0 Å². The maximum Gasteiger partial charge on any atom is 0.524 e. The van der Waals surface area contributed by atoms with E-state index in [1.165, 1.54) is 6.42 Å². The first-order valence-corrected chi connectivity index (χ1v) is 8.69. The molecule has 0 heterocycles. The molecule has 1 rings (SSSR count). The van der Waals surface area contributed by atoms with Gasteiger partial charge in [0.2, 0.25) is 0 Å². The minimum atomic E-state index is -6.85. The van der Waals surface area contributed by atoms with Crippen LogP contribution in [-0.2, 0) is 28.7 Å². The summed E-state index contributed by atoms with van der Waals surface area (Å²) in [6, 6.07) is 0. The molecule has 6 nitrogen and oxygen atoms in total. The van der Waals surface area contributed by atoms with Crippen LogP contribution < -0.4 is 0 Å². The van der Waals surface area contributed by atoms with Gasteiger partial charge in [0.1, 0.15) is 5.78 Å². The third kappa shape index (κ3) is 6.63. The van der Waals surface area contributed by atoms with E-state index in [0.717, 1.165) is 19.3 Å². The molecule has 0 amide bonds. The van der Waals surface area contributed by atoms with Crippen LogP contribution in [0.2, 0.25) is 0 Å². The molecule has 1 aliphatic rings. The fourth-order valence-electron chi connectivity index (χ4n) is 1.35. The number of hydrogen-bond acceptors (Lipinski definition) is 6. The zero-order valence-electron chi connectivity index (χ0n) is 11.4. The van der Waals surface area contributed by atoms with Crippen molar-refractivity contribution in [1.82, 2.24) is 0 Å². The molecule has 0 N–H and O–H groups in total. The van der Waals surface area contributed by atoms with Crippen LogP contribution in [0.4, 0.5) is 26.3 Å². The van der Waals surface area contributed by atoms with E-state index < -0.39 is 31.3 Å². The van der Waals surface area contributed by atoms with E-state index in [2.05, 4.69) is 0 Å². The lowest BCUT2D eigenvalue weighted by Gasteiger charge is -2.14. The van der Waals surface area contributed by atoms with Crippen LogP contribution in [-0.4, -0.2) is 33.6 Å². The van der Waals surface area contributed by atoms with Crippen molar-refractivity contribution >= 4 is 26.0 Å². The highest BCUT2D eigenvalue weighted by atomic mass is 32.3. The lowest BCUT2D eigenvalue weighted by molar-refractivity contribution is -0.123. The number of Topliss-reactive ketones (excluding diaryl/α,β-unsaturated/α-hetero) is 1. The first-order valence-electron chi connectivity index (χ1n) is 5.87. The maximum absolute atomic E-state index is 11.4. The standard InChI is InChI=1S/C7H12O.C2F6O5S2/c1-6-4-2-3-5-7(6)8;3-1(4,5)14(9,10)13-15(11,12)2(6,7)8/h6H,2-5H2,1H3;. The van der Waals surface area contributed by atoms with Crippen molar-refractivity contribution in [3.63, 3.8) is 0 Å². The molecular formula is C9H12F6O6S2. The third-order valence-corrected chi connectivity index (χ3v) is 5.17. The summed E-state index contributed by atoms with van der Waals surface area (Å²) < 4.78 is 110. The Labute approximate surface area is 128 Å². The minimum absolute atomic E-state index is 0.365. The Hall–Kier alpha value is -0.890. The van der Waals surface area contributed by atoms with Gasteiger partial charge in [0.15, 0.2) is 0 Å². The summed E-state index contributed by atoms with van der Waals surface area (Å²) in [7, 11) is -13.7. The molecule has 0 aromatic rings. The Morgan fingerprint density at radius 1 is 0.913 bits per heavy atom. The lowest BCUT2D eigenvalue weighted by Crippen LogP contribution is -2.34. The molecule has 138 valence electrons. The third-order valence-electron chi connectivity index (χ3n) is 2.61. The summed E-state index contributed by atoms with van der Waals surface area (Å²) >= 11 is 0.